The van der Waals surface area contributed by atoms with Gasteiger partial charge in [0.05, 0.1) is 5.56 Å². The van der Waals surface area contributed by atoms with Crippen molar-refractivity contribution in [1.82, 2.24) is 9.21 Å². The summed E-state index contributed by atoms with van der Waals surface area (Å²) in [4.78, 5) is 13.8. The minimum Gasteiger partial charge on any atom is -0.340 e. The zero-order valence-corrected chi connectivity index (χ0v) is 18.2. The standard InChI is InChI=1S/C21H19ClF4N2O3S/c22-15-5-6-18(23)19(11-15)32(30,31)28-9-7-27(8-10-28)20(29)17-12-16(17)13-1-3-14(4-2-13)21(24,25)26/h1-6,11,16-17H,7-10,12H2. The first kappa shape index (κ1) is 23.0. The van der Waals surface area contributed by atoms with Gasteiger partial charge in [0.1, 0.15) is 10.7 Å². The SMILES string of the molecule is O=C(C1CC1c1ccc(C(F)(F)F)cc1)N1CCN(S(=O)(=O)c2cc(Cl)ccc2F)CC1. The second kappa shape index (κ2) is 8.31. The molecule has 1 aliphatic heterocycles. The molecule has 5 nitrogen and oxygen atoms in total. The number of hydrogen-bond acceptors (Lipinski definition) is 3. The Labute approximate surface area is 187 Å². The fourth-order valence-corrected chi connectivity index (χ4v) is 5.70. The normalized spacial score (nSPS) is 22.1. The summed E-state index contributed by atoms with van der Waals surface area (Å²) >= 11 is 5.81. The molecule has 0 N–H and O–H groups in total. The highest BCUT2D eigenvalue weighted by molar-refractivity contribution is 7.89. The number of carbonyl (C=O) groups is 1. The summed E-state index contributed by atoms with van der Waals surface area (Å²) in [5, 5.41) is 0.0989. The van der Waals surface area contributed by atoms with Crippen molar-refractivity contribution in [1.29, 1.82) is 0 Å². The van der Waals surface area contributed by atoms with Crippen molar-refractivity contribution in [2.45, 2.75) is 23.4 Å². The third-order valence-corrected chi connectivity index (χ3v) is 7.98. The van der Waals surface area contributed by atoms with Crippen molar-refractivity contribution in [3.8, 4) is 0 Å². The Hall–Kier alpha value is -2.17. The molecule has 32 heavy (non-hydrogen) atoms. The number of hydrogen-bond donors (Lipinski definition) is 0. The van der Waals surface area contributed by atoms with Crippen LogP contribution in [-0.2, 0) is 21.0 Å². The molecule has 2 aromatic carbocycles. The molecule has 2 aliphatic rings. The van der Waals surface area contributed by atoms with Gasteiger partial charge in [-0.3, -0.25) is 4.79 Å². The van der Waals surface area contributed by atoms with Crippen LogP contribution in [0.4, 0.5) is 17.6 Å². The average molecular weight is 491 g/mol. The molecule has 1 saturated heterocycles. The van der Waals surface area contributed by atoms with Crippen molar-refractivity contribution in [2.75, 3.05) is 26.2 Å². The maximum Gasteiger partial charge on any atom is 0.416 e. The smallest absolute Gasteiger partial charge is 0.340 e. The topological polar surface area (TPSA) is 57.7 Å². The predicted molar refractivity (Wildman–Crippen MR) is 109 cm³/mol. The Balaban J connectivity index is 1.37. The molecule has 0 aromatic heterocycles. The zero-order chi connectivity index (χ0) is 23.3. The van der Waals surface area contributed by atoms with E-state index in [1.54, 1.807) is 4.90 Å². The summed E-state index contributed by atoms with van der Waals surface area (Å²) < 4.78 is 78.8. The number of carbonyl (C=O) groups excluding carboxylic acids is 1. The monoisotopic (exact) mass is 490 g/mol. The molecule has 2 unspecified atom stereocenters. The molecule has 0 radical (unpaired) electrons. The Kier molecular flexibility index (Phi) is 5.98. The lowest BCUT2D eigenvalue weighted by Gasteiger charge is -2.34. The summed E-state index contributed by atoms with van der Waals surface area (Å²) in [5.74, 6) is -1.53. The molecule has 172 valence electrons. The molecule has 0 spiro atoms. The third kappa shape index (κ3) is 4.49. The second-order valence-electron chi connectivity index (χ2n) is 7.87. The third-order valence-electron chi connectivity index (χ3n) is 5.84. The molecule has 11 heteroatoms. The summed E-state index contributed by atoms with van der Waals surface area (Å²) in [6.45, 7) is 0.322. The van der Waals surface area contributed by atoms with E-state index >= 15 is 0 Å². The molecule has 1 heterocycles. The van der Waals surface area contributed by atoms with Gasteiger partial charge in [-0.15, -0.1) is 0 Å². The van der Waals surface area contributed by atoms with E-state index in [1.165, 1.54) is 18.2 Å². The van der Waals surface area contributed by atoms with Crippen LogP contribution in [0.1, 0.15) is 23.5 Å². The molecule has 2 fully saturated rings. The minimum atomic E-state index is -4.41. The van der Waals surface area contributed by atoms with Gasteiger partial charge in [0.2, 0.25) is 15.9 Å². The van der Waals surface area contributed by atoms with Gasteiger partial charge in [-0.25, -0.2) is 12.8 Å². The van der Waals surface area contributed by atoms with Gasteiger partial charge in [-0.2, -0.15) is 17.5 Å². The number of nitrogens with zero attached hydrogens (tertiary/aromatic N) is 2. The van der Waals surface area contributed by atoms with Gasteiger partial charge >= 0.3 is 6.18 Å². The molecule has 1 amide bonds. The van der Waals surface area contributed by atoms with Crippen LogP contribution in [0.15, 0.2) is 47.4 Å². The van der Waals surface area contributed by atoms with E-state index in [0.717, 1.165) is 28.6 Å². The van der Waals surface area contributed by atoms with Crippen LogP contribution in [-0.4, -0.2) is 49.7 Å². The number of piperazine rings is 1. The van der Waals surface area contributed by atoms with Crippen LogP contribution in [0.2, 0.25) is 5.02 Å². The summed E-state index contributed by atoms with van der Waals surface area (Å²) in [6.07, 6.45) is -3.87. The Bertz CT molecular complexity index is 1130. The number of alkyl halides is 3. The first-order valence-corrected chi connectivity index (χ1v) is 11.7. The lowest BCUT2D eigenvalue weighted by Crippen LogP contribution is -2.51. The van der Waals surface area contributed by atoms with E-state index < -0.39 is 32.5 Å². The van der Waals surface area contributed by atoms with Crippen molar-refractivity contribution >= 4 is 27.5 Å². The highest BCUT2D eigenvalue weighted by atomic mass is 35.5. The van der Waals surface area contributed by atoms with Crippen LogP contribution in [0.3, 0.4) is 0 Å². The summed E-state index contributed by atoms with van der Waals surface area (Å²) in [5.41, 5.74) is -0.0627. The second-order valence-corrected chi connectivity index (χ2v) is 10.2. The van der Waals surface area contributed by atoms with Crippen LogP contribution in [0.25, 0.3) is 0 Å². The van der Waals surface area contributed by atoms with Crippen molar-refractivity contribution in [3.05, 3.63) is 64.4 Å². The number of amides is 1. The van der Waals surface area contributed by atoms with Crippen LogP contribution >= 0.6 is 11.6 Å². The number of sulfonamides is 1. The summed E-state index contributed by atoms with van der Waals surface area (Å²) in [7, 11) is -4.09. The van der Waals surface area contributed by atoms with Gasteiger partial charge in [-0.1, -0.05) is 23.7 Å². The van der Waals surface area contributed by atoms with Gasteiger partial charge in [0, 0.05) is 37.1 Å². The largest absolute Gasteiger partial charge is 0.416 e. The van der Waals surface area contributed by atoms with E-state index in [9.17, 15) is 30.8 Å². The quantitative estimate of drug-likeness (QED) is 0.605. The van der Waals surface area contributed by atoms with Crippen LogP contribution < -0.4 is 0 Å². The highest BCUT2D eigenvalue weighted by Gasteiger charge is 2.46. The Morgan fingerprint density at radius 1 is 1.00 bits per heavy atom. The predicted octanol–water partition coefficient (Wildman–Crippen LogP) is 4.13. The fraction of sp³-hybridized carbons (Fsp3) is 0.381. The van der Waals surface area contributed by atoms with E-state index in [2.05, 4.69) is 0 Å². The van der Waals surface area contributed by atoms with Gasteiger partial charge < -0.3 is 4.90 Å². The lowest BCUT2D eigenvalue weighted by molar-refractivity contribution is -0.137. The lowest BCUT2D eigenvalue weighted by atomic mass is 10.1. The van der Waals surface area contributed by atoms with Gasteiger partial charge in [0.25, 0.3) is 0 Å². The molecule has 2 aromatic rings. The van der Waals surface area contributed by atoms with E-state index in [4.69, 9.17) is 11.6 Å². The molecular weight excluding hydrogens is 472 g/mol. The minimum absolute atomic E-state index is 0.0116. The number of halogens is 5. The Morgan fingerprint density at radius 3 is 2.22 bits per heavy atom. The van der Waals surface area contributed by atoms with Crippen LogP contribution in [0.5, 0.6) is 0 Å². The van der Waals surface area contributed by atoms with E-state index in [0.29, 0.717) is 12.0 Å². The highest BCUT2D eigenvalue weighted by Crippen LogP contribution is 2.49. The first-order valence-electron chi connectivity index (χ1n) is 9.89. The molecule has 1 aliphatic carbocycles. The van der Waals surface area contributed by atoms with E-state index in [1.807, 2.05) is 0 Å². The average Bonchev–Trinajstić information content (AvgIpc) is 3.55. The molecule has 0 bridgehead atoms. The maximum atomic E-state index is 14.0. The van der Waals surface area contributed by atoms with E-state index in [-0.39, 0.29) is 48.9 Å². The molecule has 4 rings (SSSR count). The van der Waals surface area contributed by atoms with Crippen molar-refractivity contribution in [2.24, 2.45) is 5.92 Å². The maximum absolute atomic E-state index is 14.0. The molecular formula is C21H19ClF4N2O3S. The first-order chi connectivity index (χ1) is 15.0. The number of rotatable bonds is 4. The van der Waals surface area contributed by atoms with Gasteiger partial charge in [0.15, 0.2) is 0 Å². The van der Waals surface area contributed by atoms with Gasteiger partial charge in [-0.05, 0) is 48.2 Å². The number of benzene rings is 2. The zero-order valence-electron chi connectivity index (χ0n) is 16.6. The molecule has 2 atom stereocenters. The molecule has 1 saturated carbocycles. The van der Waals surface area contributed by atoms with Crippen LogP contribution in [0, 0.1) is 11.7 Å². The fourth-order valence-electron chi connectivity index (χ4n) is 3.95. The van der Waals surface area contributed by atoms with Crippen molar-refractivity contribution < 1.29 is 30.8 Å². The Morgan fingerprint density at radius 2 is 1.62 bits per heavy atom. The summed E-state index contributed by atoms with van der Waals surface area (Å²) in [6, 6.07) is 8.11. The van der Waals surface area contributed by atoms with Crippen molar-refractivity contribution in [3.63, 3.8) is 0 Å².